The van der Waals surface area contributed by atoms with Crippen LogP contribution in [0, 0.1) is 6.92 Å². The normalized spacial score (nSPS) is 12.0. The fraction of sp³-hybridized carbons (Fsp3) is 0.0476. The summed E-state index contributed by atoms with van der Waals surface area (Å²) in [6, 6.07) is 24.5. The van der Waals surface area contributed by atoms with Gasteiger partial charge in [0.2, 0.25) is 0 Å². The van der Waals surface area contributed by atoms with Gasteiger partial charge in [-0.05, 0) is 55.6 Å². The molecule has 0 fully saturated rings. The molecule has 0 unspecified atom stereocenters. The summed E-state index contributed by atoms with van der Waals surface area (Å²) in [5, 5.41) is 11.0. The van der Waals surface area contributed by atoms with Crippen LogP contribution in [0.15, 0.2) is 66.7 Å². The van der Waals surface area contributed by atoms with E-state index < -0.39 is 0 Å². The number of benzene rings is 5. The van der Waals surface area contributed by atoms with Gasteiger partial charge in [0.15, 0.2) is 0 Å². The zero-order chi connectivity index (χ0) is 14.0. The van der Waals surface area contributed by atoms with Gasteiger partial charge >= 0.3 is 0 Å². The molecule has 0 saturated carbocycles. The topological polar surface area (TPSA) is 0 Å². The van der Waals surface area contributed by atoms with Crippen LogP contribution in [0.5, 0.6) is 0 Å². The van der Waals surface area contributed by atoms with Crippen molar-refractivity contribution in [2.45, 2.75) is 6.92 Å². The van der Waals surface area contributed by atoms with Gasteiger partial charge in [0, 0.05) is 0 Å². The summed E-state index contributed by atoms with van der Waals surface area (Å²) >= 11 is 0. The molecule has 0 radical (unpaired) electrons. The largest absolute Gasteiger partial charge is 0.0616 e. The molecule has 0 nitrogen and oxygen atoms in total. The quantitative estimate of drug-likeness (QED) is 0.236. The van der Waals surface area contributed by atoms with Crippen LogP contribution < -0.4 is 0 Å². The molecular weight excluding hydrogens is 252 g/mol. The molecule has 5 aromatic rings. The maximum atomic E-state index is 2.28. The first-order chi connectivity index (χ1) is 10.3. The first kappa shape index (κ1) is 11.1. The fourth-order valence-corrected chi connectivity index (χ4v) is 3.77. The average Bonchev–Trinajstić information content (AvgIpc) is 2.54. The van der Waals surface area contributed by atoms with E-state index in [4.69, 9.17) is 0 Å². The highest BCUT2D eigenvalue weighted by molar-refractivity contribution is 6.33. The lowest BCUT2D eigenvalue weighted by Crippen LogP contribution is -1.88. The Morgan fingerprint density at radius 2 is 1.14 bits per heavy atom. The minimum absolute atomic E-state index is 1.33. The summed E-state index contributed by atoms with van der Waals surface area (Å²) < 4.78 is 0. The summed E-state index contributed by atoms with van der Waals surface area (Å²) in [5.41, 5.74) is 1.35. The number of hydrogen-bond acceptors (Lipinski definition) is 0. The molecule has 98 valence electrons. The minimum atomic E-state index is 1.33. The molecule has 0 amide bonds. The molecule has 0 atom stereocenters. The zero-order valence-corrected chi connectivity index (χ0v) is 11.9. The molecule has 5 aromatic carbocycles. The van der Waals surface area contributed by atoms with Crippen LogP contribution in [0.1, 0.15) is 5.56 Å². The Morgan fingerprint density at radius 1 is 0.476 bits per heavy atom. The van der Waals surface area contributed by atoms with Gasteiger partial charge in [0.05, 0.1) is 0 Å². The van der Waals surface area contributed by atoms with Crippen molar-refractivity contribution in [1.82, 2.24) is 0 Å². The lowest BCUT2D eigenvalue weighted by atomic mass is 9.88. The summed E-state index contributed by atoms with van der Waals surface area (Å²) in [6.07, 6.45) is 0. The molecule has 5 rings (SSSR count). The highest BCUT2D eigenvalue weighted by atomic mass is 14.2. The summed E-state index contributed by atoms with van der Waals surface area (Å²) in [5.74, 6) is 0. The molecule has 0 heterocycles. The van der Waals surface area contributed by atoms with Crippen LogP contribution >= 0.6 is 0 Å². The first-order valence-electron chi connectivity index (χ1n) is 7.39. The highest BCUT2D eigenvalue weighted by Crippen LogP contribution is 2.41. The summed E-state index contributed by atoms with van der Waals surface area (Å²) in [7, 11) is 0. The van der Waals surface area contributed by atoms with E-state index in [1.165, 1.54) is 48.7 Å². The van der Waals surface area contributed by atoms with E-state index in [0.717, 1.165) is 0 Å². The summed E-state index contributed by atoms with van der Waals surface area (Å²) in [4.78, 5) is 0. The smallest absolute Gasteiger partial charge is 0.00177 e. The van der Waals surface area contributed by atoms with E-state index in [-0.39, 0.29) is 0 Å². The number of fused-ring (bicyclic) bond motifs is 3. The van der Waals surface area contributed by atoms with Crippen LogP contribution in [0.2, 0.25) is 0 Å². The second-order valence-electron chi connectivity index (χ2n) is 5.87. The second-order valence-corrected chi connectivity index (χ2v) is 5.87. The van der Waals surface area contributed by atoms with Crippen LogP contribution in [-0.4, -0.2) is 0 Å². The van der Waals surface area contributed by atoms with Gasteiger partial charge in [-0.3, -0.25) is 0 Å². The third-order valence-electron chi connectivity index (χ3n) is 4.75. The van der Waals surface area contributed by atoms with Crippen molar-refractivity contribution in [1.29, 1.82) is 0 Å². The molecule has 0 saturated heterocycles. The Hall–Kier alpha value is -2.60. The van der Waals surface area contributed by atoms with E-state index >= 15 is 0 Å². The van der Waals surface area contributed by atoms with Crippen molar-refractivity contribution in [3.05, 3.63) is 72.3 Å². The van der Waals surface area contributed by atoms with Gasteiger partial charge in [-0.2, -0.15) is 0 Å². The molecule has 21 heavy (non-hydrogen) atoms. The van der Waals surface area contributed by atoms with Crippen LogP contribution in [-0.2, 0) is 0 Å². The lowest BCUT2D eigenvalue weighted by molar-refractivity contribution is 1.55. The Labute approximate surface area is 123 Å². The van der Waals surface area contributed by atoms with Gasteiger partial charge < -0.3 is 0 Å². The van der Waals surface area contributed by atoms with Gasteiger partial charge in [0.1, 0.15) is 0 Å². The lowest BCUT2D eigenvalue weighted by Gasteiger charge is -2.15. The molecule has 0 bridgehead atoms. The van der Waals surface area contributed by atoms with Crippen molar-refractivity contribution in [2.24, 2.45) is 0 Å². The fourth-order valence-electron chi connectivity index (χ4n) is 3.77. The molecule has 0 aliphatic carbocycles. The monoisotopic (exact) mass is 266 g/mol. The summed E-state index contributed by atoms with van der Waals surface area (Å²) in [6.45, 7) is 2.20. The molecule has 0 heteroatoms. The van der Waals surface area contributed by atoms with Crippen molar-refractivity contribution in [2.75, 3.05) is 0 Å². The number of aryl methyl sites for hydroxylation is 1. The second kappa shape index (κ2) is 3.73. The van der Waals surface area contributed by atoms with Crippen molar-refractivity contribution in [3.63, 3.8) is 0 Å². The first-order valence-corrected chi connectivity index (χ1v) is 7.39. The molecule has 0 aliphatic heterocycles. The van der Waals surface area contributed by atoms with Gasteiger partial charge in [-0.1, -0.05) is 66.7 Å². The van der Waals surface area contributed by atoms with Crippen LogP contribution in [0.4, 0.5) is 0 Å². The van der Waals surface area contributed by atoms with E-state index in [1.54, 1.807) is 0 Å². The molecule has 0 N–H and O–H groups in total. The Bertz CT molecular complexity index is 1130. The van der Waals surface area contributed by atoms with Crippen LogP contribution in [0.25, 0.3) is 43.1 Å². The van der Waals surface area contributed by atoms with E-state index in [1.807, 2.05) is 0 Å². The molecule has 0 aromatic heterocycles. The van der Waals surface area contributed by atoms with Crippen molar-refractivity contribution >= 4 is 43.1 Å². The van der Waals surface area contributed by atoms with Gasteiger partial charge in [0.25, 0.3) is 0 Å². The average molecular weight is 266 g/mol. The Balaban J connectivity index is 2.31. The molecular formula is C21H14. The van der Waals surface area contributed by atoms with Crippen LogP contribution in [0.3, 0.4) is 0 Å². The maximum absolute atomic E-state index is 2.28. The predicted octanol–water partition coefficient (Wildman–Crippen LogP) is 6.05. The SMILES string of the molecule is Cc1ccc2c3ccccc3c3cccc4ccc1c2c43. The highest BCUT2D eigenvalue weighted by Gasteiger charge is 2.13. The predicted molar refractivity (Wildman–Crippen MR) is 92.4 cm³/mol. The maximum Gasteiger partial charge on any atom is -0.00177 e. The minimum Gasteiger partial charge on any atom is -0.0616 e. The van der Waals surface area contributed by atoms with Crippen molar-refractivity contribution in [3.8, 4) is 0 Å². The Kier molecular flexibility index (Phi) is 1.97. The van der Waals surface area contributed by atoms with Crippen molar-refractivity contribution < 1.29 is 0 Å². The number of rotatable bonds is 0. The van der Waals surface area contributed by atoms with Gasteiger partial charge in [-0.15, -0.1) is 0 Å². The van der Waals surface area contributed by atoms with E-state index in [0.29, 0.717) is 0 Å². The Morgan fingerprint density at radius 3 is 1.95 bits per heavy atom. The van der Waals surface area contributed by atoms with Gasteiger partial charge in [-0.25, -0.2) is 0 Å². The zero-order valence-electron chi connectivity index (χ0n) is 11.9. The third-order valence-corrected chi connectivity index (χ3v) is 4.75. The molecule has 0 aliphatic rings. The standard InChI is InChI=1S/C21H14/c1-13-9-11-19-17-7-3-2-6-16(17)18-8-4-5-14-10-12-15(13)21(19)20(14)18/h2-12H,1H3. The van der Waals surface area contributed by atoms with E-state index in [2.05, 4.69) is 73.7 Å². The third kappa shape index (κ3) is 1.30. The molecule has 0 spiro atoms. The van der Waals surface area contributed by atoms with E-state index in [9.17, 15) is 0 Å². The number of hydrogen-bond donors (Lipinski definition) is 0.